The van der Waals surface area contributed by atoms with Gasteiger partial charge in [-0.05, 0) is 38.8 Å². The lowest BCUT2D eigenvalue weighted by Gasteiger charge is -2.10. The van der Waals surface area contributed by atoms with E-state index in [1.807, 2.05) is 47.4 Å². The number of nitrogens with one attached hydrogen (secondary N) is 1. The third-order valence-corrected chi connectivity index (χ3v) is 4.81. The average molecular weight is 366 g/mol. The third kappa shape index (κ3) is 3.94. The number of amides is 1. The lowest BCUT2D eigenvalue weighted by atomic mass is 10.1. The summed E-state index contributed by atoms with van der Waals surface area (Å²) in [4.78, 5) is 24.5. The highest BCUT2D eigenvalue weighted by Crippen LogP contribution is 2.25. The molecule has 3 aromatic rings. The zero-order chi connectivity index (χ0) is 19.6. The fourth-order valence-corrected chi connectivity index (χ4v) is 3.54. The number of Topliss-reactive ketones (excluding diaryl/α,β-unsaturated/α-hetero) is 1. The summed E-state index contributed by atoms with van der Waals surface area (Å²) in [7, 11) is 0. The lowest BCUT2D eigenvalue weighted by molar-refractivity contribution is -0.121. The molecule has 6 heteroatoms. The number of nitrogens with zero attached hydrogens (tertiary/aromatic N) is 3. The van der Waals surface area contributed by atoms with Crippen LogP contribution < -0.4 is 5.32 Å². The lowest BCUT2D eigenvalue weighted by Crippen LogP contribution is -2.30. The van der Waals surface area contributed by atoms with Crippen molar-refractivity contribution < 1.29 is 9.59 Å². The minimum Gasteiger partial charge on any atom is -0.353 e. The number of para-hydroxylation sites is 1. The molecule has 142 valence electrons. The van der Waals surface area contributed by atoms with Crippen molar-refractivity contribution in [3.63, 3.8) is 0 Å². The Hall–Kier alpha value is -2.89. The van der Waals surface area contributed by atoms with Crippen molar-refractivity contribution in [1.29, 1.82) is 0 Å². The molecule has 0 spiro atoms. The van der Waals surface area contributed by atoms with Gasteiger partial charge in [0.1, 0.15) is 6.54 Å². The van der Waals surface area contributed by atoms with E-state index in [-0.39, 0.29) is 18.2 Å². The molecule has 27 heavy (non-hydrogen) atoms. The van der Waals surface area contributed by atoms with Gasteiger partial charge < -0.3 is 9.88 Å². The molecule has 0 aliphatic carbocycles. The first-order valence-electron chi connectivity index (χ1n) is 9.30. The molecule has 2 heterocycles. The van der Waals surface area contributed by atoms with Crippen LogP contribution in [-0.2, 0) is 24.3 Å². The Kier molecular flexibility index (Phi) is 5.44. The number of hydrogen-bond donors (Lipinski definition) is 1. The Morgan fingerprint density at radius 1 is 1.22 bits per heavy atom. The number of hydrogen-bond acceptors (Lipinski definition) is 3. The van der Waals surface area contributed by atoms with Crippen LogP contribution in [0.25, 0.3) is 10.9 Å². The molecule has 0 saturated carbocycles. The van der Waals surface area contributed by atoms with Gasteiger partial charge in [0, 0.05) is 29.4 Å². The molecule has 0 radical (unpaired) electrons. The largest absolute Gasteiger partial charge is 0.353 e. The second kappa shape index (κ2) is 7.78. The van der Waals surface area contributed by atoms with Crippen molar-refractivity contribution in [2.24, 2.45) is 0 Å². The number of fused-ring (bicyclic) bond motifs is 1. The minimum atomic E-state index is -0.0746. The Bertz CT molecular complexity index is 997. The Morgan fingerprint density at radius 3 is 2.63 bits per heavy atom. The first-order chi connectivity index (χ1) is 12.9. The maximum atomic E-state index is 12.5. The first-order valence-corrected chi connectivity index (χ1v) is 9.30. The molecule has 0 unspecified atom stereocenters. The highest BCUT2D eigenvalue weighted by molar-refractivity contribution is 6.07. The van der Waals surface area contributed by atoms with Gasteiger partial charge in [0.15, 0.2) is 5.78 Å². The van der Waals surface area contributed by atoms with E-state index >= 15 is 0 Å². The molecule has 0 saturated heterocycles. The molecular formula is C21H26N4O2. The second-order valence-corrected chi connectivity index (χ2v) is 6.89. The van der Waals surface area contributed by atoms with Gasteiger partial charge in [0.05, 0.1) is 17.8 Å². The van der Waals surface area contributed by atoms with Gasteiger partial charge in [-0.1, -0.05) is 25.1 Å². The summed E-state index contributed by atoms with van der Waals surface area (Å²) in [5, 5.41) is 8.27. The smallest absolute Gasteiger partial charge is 0.240 e. The van der Waals surface area contributed by atoms with Crippen molar-refractivity contribution in [2.45, 2.75) is 47.2 Å². The fourth-order valence-electron chi connectivity index (χ4n) is 3.54. The van der Waals surface area contributed by atoms with Gasteiger partial charge in [-0.15, -0.1) is 0 Å². The predicted molar refractivity (Wildman–Crippen MR) is 106 cm³/mol. The van der Waals surface area contributed by atoms with E-state index in [9.17, 15) is 9.59 Å². The summed E-state index contributed by atoms with van der Waals surface area (Å²) in [6.07, 6.45) is 2.64. The summed E-state index contributed by atoms with van der Waals surface area (Å²) in [6.45, 7) is 8.94. The molecule has 2 aromatic heterocycles. The maximum absolute atomic E-state index is 12.5. The summed E-state index contributed by atoms with van der Waals surface area (Å²) >= 11 is 0. The molecule has 0 fully saturated rings. The molecule has 0 bridgehead atoms. The Morgan fingerprint density at radius 2 is 2.00 bits per heavy atom. The van der Waals surface area contributed by atoms with Crippen molar-refractivity contribution in [1.82, 2.24) is 19.7 Å². The topological polar surface area (TPSA) is 68.9 Å². The molecule has 1 amide bonds. The van der Waals surface area contributed by atoms with E-state index in [0.29, 0.717) is 18.7 Å². The number of rotatable bonds is 7. The van der Waals surface area contributed by atoms with Crippen LogP contribution in [0, 0.1) is 13.8 Å². The second-order valence-electron chi connectivity index (χ2n) is 6.89. The van der Waals surface area contributed by atoms with Gasteiger partial charge in [-0.2, -0.15) is 5.10 Å². The highest BCUT2D eigenvalue weighted by atomic mass is 16.2. The van der Waals surface area contributed by atoms with Crippen LogP contribution in [0.1, 0.15) is 41.2 Å². The molecule has 6 nitrogen and oxygen atoms in total. The third-order valence-electron chi connectivity index (χ3n) is 4.81. The molecule has 0 aliphatic heterocycles. The van der Waals surface area contributed by atoms with Gasteiger partial charge in [0.2, 0.25) is 5.91 Å². The summed E-state index contributed by atoms with van der Waals surface area (Å²) < 4.78 is 3.78. The number of carbonyl (C=O) groups is 2. The number of ketones is 1. The fraction of sp³-hybridized carbons (Fsp3) is 0.381. The summed E-state index contributed by atoms with van der Waals surface area (Å²) in [6, 6.07) is 7.97. The number of carbonyl (C=O) groups excluding carboxylic acids is 2. The van der Waals surface area contributed by atoms with Crippen LogP contribution in [0.3, 0.4) is 0 Å². The SMILES string of the molecule is CCc1cccc2c(C(C)=O)cn(CC(=O)NCCn3nc(C)cc3C)c12. The van der Waals surface area contributed by atoms with E-state index in [0.717, 1.165) is 34.3 Å². The van der Waals surface area contributed by atoms with Gasteiger partial charge in [-0.3, -0.25) is 14.3 Å². The van der Waals surface area contributed by atoms with Crippen molar-refractivity contribution in [3.05, 3.63) is 53.0 Å². The predicted octanol–water partition coefficient (Wildman–Crippen LogP) is 3.04. The van der Waals surface area contributed by atoms with Crippen LogP contribution in [-0.4, -0.2) is 32.6 Å². The number of benzene rings is 1. The van der Waals surface area contributed by atoms with Crippen molar-refractivity contribution >= 4 is 22.6 Å². The van der Waals surface area contributed by atoms with Crippen LogP contribution in [0.15, 0.2) is 30.5 Å². The van der Waals surface area contributed by atoms with E-state index in [1.165, 1.54) is 0 Å². The Labute approximate surface area is 159 Å². The zero-order valence-electron chi connectivity index (χ0n) is 16.4. The zero-order valence-corrected chi connectivity index (χ0v) is 16.4. The average Bonchev–Trinajstić information content (AvgIpc) is 3.14. The normalized spacial score (nSPS) is 11.1. The summed E-state index contributed by atoms with van der Waals surface area (Å²) in [5.41, 5.74) is 4.82. The van der Waals surface area contributed by atoms with E-state index in [4.69, 9.17) is 0 Å². The first kappa shape index (κ1) is 18.9. The van der Waals surface area contributed by atoms with Gasteiger partial charge in [0.25, 0.3) is 0 Å². The van der Waals surface area contributed by atoms with E-state index < -0.39 is 0 Å². The number of aromatic nitrogens is 3. The van der Waals surface area contributed by atoms with E-state index in [1.54, 1.807) is 13.1 Å². The minimum absolute atomic E-state index is 0.0111. The van der Waals surface area contributed by atoms with Crippen LogP contribution >= 0.6 is 0 Å². The van der Waals surface area contributed by atoms with Crippen molar-refractivity contribution in [3.8, 4) is 0 Å². The highest BCUT2D eigenvalue weighted by Gasteiger charge is 2.16. The molecular weight excluding hydrogens is 340 g/mol. The molecule has 1 N–H and O–H groups in total. The summed E-state index contributed by atoms with van der Waals surface area (Å²) in [5.74, 6) is -0.0635. The van der Waals surface area contributed by atoms with Crippen LogP contribution in [0.5, 0.6) is 0 Å². The standard InChI is InChI=1S/C21H26N4O2/c1-5-17-7-6-8-18-19(16(4)26)12-24(21(17)18)13-20(27)22-9-10-25-15(3)11-14(2)23-25/h6-8,11-12H,5,9-10,13H2,1-4H3,(H,22,27). The molecule has 0 aliphatic rings. The quantitative estimate of drug-likeness (QED) is 0.654. The molecule has 1 aromatic carbocycles. The molecule has 0 atom stereocenters. The van der Waals surface area contributed by atoms with E-state index in [2.05, 4.69) is 17.3 Å². The van der Waals surface area contributed by atoms with Gasteiger partial charge in [-0.25, -0.2) is 0 Å². The Balaban J connectivity index is 1.74. The van der Waals surface area contributed by atoms with Gasteiger partial charge >= 0.3 is 0 Å². The van der Waals surface area contributed by atoms with Crippen molar-refractivity contribution in [2.75, 3.05) is 6.54 Å². The molecule has 3 rings (SSSR count). The monoisotopic (exact) mass is 366 g/mol. The van der Waals surface area contributed by atoms with Crippen LogP contribution in [0.2, 0.25) is 0 Å². The number of aryl methyl sites for hydroxylation is 3. The maximum Gasteiger partial charge on any atom is 0.240 e. The van der Waals surface area contributed by atoms with Crippen LogP contribution in [0.4, 0.5) is 0 Å².